The molecule has 5 rings (SSSR count). The van der Waals surface area contributed by atoms with Gasteiger partial charge in [0.2, 0.25) is 0 Å². The van der Waals surface area contributed by atoms with Crippen LogP contribution < -0.4 is 4.74 Å². The normalized spacial score (nSPS) is 41.9. The van der Waals surface area contributed by atoms with Gasteiger partial charge in [-0.1, -0.05) is 38.8 Å². The van der Waals surface area contributed by atoms with Crippen LogP contribution in [0.25, 0.3) is 6.08 Å². The number of hydrogen-bond acceptors (Lipinski definition) is 3. The van der Waals surface area contributed by atoms with Crippen molar-refractivity contribution in [2.45, 2.75) is 65.2 Å². The van der Waals surface area contributed by atoms with Crippen molar-refractivity contribution in [1.29, 1.82) is 0 Å². The minimum absolute atomic E-state index is 0.158. The molecule has 1 aromatic carbocycles. The smallest absolute Gasteiger partial charge is 0.165 e. The van der Waals surface area contributed by atoms with Crippen molar-refractivity contribution in [3.8, 4) is 5.75 Å². The Morgan fingerprint density at radius 2 is 1.80 bits per heavy atom. The van der Waals surface area contributed by atoms with E-state index in [0.717, 1.165) is 29.7 Å². The summed E-state index contributed by atoms with van der Waals surface area (Å²) in [4.78, 5) is 27.1. The lowest BCUT2D eigenvalue weighted by molar-refractivity contribution is -0.159. The number of Topliss-reactive ketones (excluding diaryl/α,β-unsaturated/α-hetero) is 2. The lowest BCUT2D eigenvalue weighted by Gasteiger charge is -2.58. The topological polar surface area (TPSA) is 43.4 Å². The monoisotopic (exact) mass is 406 g/mol. The molecule has 30 heavy (non-hydrogen) atoms. The summed E-state index contributed by atoms with van der Waals surface area (Å²) in [7, 11) is 1.66. The number of rotatable bonds is 2. The lowest BCUT2D eigenvalue weighted by atomic mass is 9.45. The third-order valence-electron chi connectivity index (χ3n) is 9.37. The highest BCUT2D eigenvalue weighted by Gasteiger charge is 2.63. The molecule has 160 valence electrons. The summed E-state index contributed by atoms with van der Waals surface area (Å²) >= 11 is 0. The highest BCUT2D eigenvalue weighted by Crippen LogP contribution is 2.65. The zero-order valence-corrected chi connectivity index (χ0v) is 18.6. The Morgan fingerprint density at radius 3 is 2.53 bits per heavy atom. The van der Waals surface area contributed by atoms with Gasteiger partial charge in [-0.2, -0.15) is 0 Å². The van der Waals surface area contributed by atoms with E-state index in [1.807, 2.05) is 24.3 Å². The van der Waals surface area contributed by atoms with Gasteiger partial charge in [0, 0.05) is 17.8 Å². The zero-order valence-electron chi connectivity index (χ0n) is 18.6. The van der Waals surface area contributed by atoms with Crippen molar-refractivity contribution in [2.75, 3.05) is 7.11 Å². The van der Waals surface area contributed by atoms with Crippen molar-refractivity contribution in [2.24, 2.45) is 34.5 Å². The maximum Gasteiger partial charge on any atom is 0.165 e. The highest BCUT2D eigenvalue weighted by atomic mass is 16.5. The average Bonchev–Trinajstić information content (AvgIpc) is 2.98. The molecule has 0 spiro atoms. The Balaban J connectivity index is 1.48. The first kappa shape index (κ1) is 20.0. The number of carbonyl (C=O) groups is 2. The molecule has 6 atom stereocenters. The predicted octanol–water partition coefficient (Wildman–Crippen LogP) is 5.87. The number of hydrogen-bond donors (Lipinski definition) is 0. The van der Waals surface area contributed by atoms with Gasteiger partial charge in [-0.15, -0.1) is 0 Å². The van der Waals surface area contributed by atoms with Crippen molar-refractivity contribution >= 4 is 17.6 Å². The maximum absolute atomic E-state index is 13.5. The summed E-state index contributed by atoms with van der Waals surface area (Å²) < 4.78 is 5.25. The van der Waals surface area contributed by atoms with Gasteiger partial charge in [0.25, 0.3) is 0 Å². The molecule has 3 heteroatoms. The minimum Gasteiger partial charge on any atom is -0.497 e. The van der Waals surface area contributed by atoms with Crippen LogP contribution in [0.15, 0.2) is 29.8 Å². The summed E-state index contributed by atoms with van der Waals surface area (Å²) in [5.74, 6) is 2.98. The van der Waals surface area contributed by atoms with Crippen LogP contribution in [0.4, 0.5) is 0 Å². The molecule has 0 radical (unpaired) electrons. The second-order valence-electron chi connectivity index (χ2n) is 10.8. The van der Waals surface area contributed by atoms with Crippen LogP contribution in [0, 0.1) is 34.5 Å². The summed E-state index contributed by atoms with van der Waals surface area (Å²) in [6.45, 7) is 4.48. The van der Waals surface area contributed by atoms with E-state index in [1.54, 1.807) is 7.11 Å². The van der Waals surface area contributed by atoms with E-state index in [0.29, 0.717) is 30.0 Å². The van der Waals surface area contributed by atoms with Crippen molar-refractivity contribution in [1.82, 2.24) is 0 Å². The van der Waals surface area contributed by atoms with E-state index in [1.165, 1.54) is 32.1 Å². The van der Waals surface area contributed by atoms with Gasteiger partial charge in [-0.05, 0) is 84.6 Å². The molecule has 0 unspecified atom stereocenters. The molecule has 0 saturated heterocycles. The van der Waals surface area contributed by atoms with E-state index in [-0.39, 0.29) is 17.1 Å². The van der Waals surface area contributed by atoms with Gasteiger partial charge in [0.15, 0.2) is 5.78 Å². The minimum atomic E-state index is -0.506. The fourth-order valence-electron chi connectivity index (χ4n) is 7.83. The summed E-state index contributed by atoms with van der Waals surface area (Å²) in [5, 5.41) is 0. The lowest BCUT2D eigenvalue weighted by Crippen LogP contribution is -2.56. The highest BCUT2D eigenvalue weighted by molar-refractivity contribution is 6.08. The molecular formula is C27H34O3. The molecule has 0 aromatic heterocycles. The van der Waals surface area contributed by atoms with Gasteiger partial charge < -0.3 is 4.74 Å². The molecule has 4 aliphatic carbocycles. The molecule has 0 bridgehead atoms. The molecule has 4 fully saturated rings. The predicted molar refractivity (Wildman–Crippen MR) is 118 cm³/mol. The van der Waals surface area contributed by atoms with Crippen LogP contribution in [-0.2, 0) is 9.59 Å². The molecule has 4 aliphatic rings. The summed E-state index contributed by atoms with van der Waals surface area (Å²) in [5.41, 5.74) is 1.60. The van der Waals surface area contributed by atoms with Crippen LogP contribution in [0.3, 0.4) is 0 Å². The van der Waals surface area contributed by atoms with Crippen LogP contribution in [0.5, 0.6) is 5.75 Å². The average molecular weight is 407 g/mol. The number of fused-ring (bicyclic) bond motifs is 5. The fourth-order valence-corrected chi connectivity index (χ4v) is 7.83. The Morgan fingerprint density at radius 1 is 1.03 bits per heavy atom. The van der Waals surface area contributed by atoms with Crippen molar-refractivity contribution in [3.63, 3.8) is 0 Å². The Kier molecular flexibility index (Phi) is 4.72. The first-order valence-corrected chi connectivity index (χ1v) is 11.8. The van der Waals surface area contributed by atoms with E-state index in [9.17, 15) is 9.59 Å². The molecular weight excluding hydrogens is 372 g/mol. The van der Waals surface area contributed by atoms with Gasteiger partial charge >= 0.3 is 0 Å². The third-order valence-corrected chi connectivity index (χ3v) is 9.37. The van der Waals surface area contributed by atoms with Crippen LogP contribution in [-0.4, -0.2) is 18.7 Å². The summed E-state index contributed by atoms with van der Waals surface area (Å²) in [6, 6.07) is 7.88. The van der Waals surface area contributed by atoms with E-state index in [2.05, 4.69) is 19.9 Å². The van der Waals surface area contributed by atoms with Crippen LogP contribution >= 0.6 is 0 Å². The standard InChI is InChI=1S/C27H34O3/c1-26-13-5-4-6-19(26)9-12-21-22-15-18(14-17-7-10-20(30-3)11-8-17)25(29)27(22,2)16-23(28)24(21)26/h7-8,10-11,14,19,21-22,24H,4-6,9,12-13,15-16H2,1-3H3/b18-14+/t19-,21+,22-,24+,26+,27+/m1/s1. The first-order valence-electron chi connectivity index (χ1n) is 11.8. The number of methoxy groups -OCH3 is 1. The Hall–Kier alpha value is -1.90. The van der Waals surface area contributed by atoms with Gasteiger partial charge in [-0.25, -0.2) is 0 Å². The molecule has 0 amide bonds. The van der Waals surface area contributed by atoms with Crippen molar-refractivity contribution in [3.05, 3.63) is 35.4 Å². The number of ether oxygens (including phenoxy) is 1. The van der Waals surface area contributed by atoms with Gasteiger partial charge in [0.05, 0.1) is 7.11 Å². The van der Waals surface area contributed by atoms with Crippen molar-refractivity contribution < 1.29 is 14.3 Å². The molecule has 0 heterocycles. The van der Waals surface area contributed by atoms with Gasteiger partial charge in [0.1, 0.15) is 11.5 Å². The third kappa shape index (κ3) is 2.84. The van der Waals surface area contributed by atoms with Crippen LogP contribution in [0.1, 0.15) is 70.8 Å². The number of ketones is 2. The Bertz CT molecular complexity index is 897. The SMILES string of the molecule is COc1ccc(/C=C2\C[C@@H]3[C@@H]4CC[C@H]5CCCC[C@]5(C)[C@@H]4C(=O)C[C@]3(C)C2=O)cc1. The van der Waals surface area contributed by atoms with E-state index < -0.39 is 5.41 Å². The maximum atomic E-state index is 13.5. The zero-order chi connectivity index (χ0) is 21.1. The quantitative estimate of drug-likeness (QED) is 0.577. The fraction of sp³-hybridized carbons (Fsp3) is 0.630. The largest absolute Gasteiger partial charge is 0.497 e. The number of benzene rings is 1. The molecule has 1 aromatic rings. The number of allylic oxidation sites excluding steroid dienone is 1. The van der Waals surface area contributed by atoms with E-state index >= 15 is 0 Å². The molecule has 0 N–H and O–H groups in total. The Labute approximate surface area is 180 Å². The second kappa shape index (κ2) is 7.07. The first-order chi connectivity index (χ1) is 14.4. The van der Waals surface area contributed by atoms with Crippen LogP contribution in [0.2, 0.25) is 0 Å². The second-order valence-corrected chi connectivity index (χ2v) is 10.8. The molecule has 4 saturated carbocycles. The van der Waals surface area contributed by atoms with Gasteiger partial charge in [-0.3, -0.25) is 9.59 Å². The van der Waals surface area contributed by atoms with E-state index in [4.69, 9.17) is 4.74 Å². The summed E-state index contributed by atoms with van der Waals surface area (Å²) in [6.07, 6.45) is 10.7. The number of carbonyl (C=O) groups excluding carboxylic acids is 2. The molecule has 3 nitrogen and oxygen atoms in total. The molecule has 0 aliphatic heterocycles.